The van der Waals surface area contributed by atoms with Crippen LogP contribution < -0.4 is 5.32 Å². The maximum atomic E-state index is 5.47. The number of aliphatic imine (C=N–C) groups is 1. The molecule has 1 N–H and O–H groups in total. The molecule has 0 aromatic heterocycles. The van der Waals surface area contributed by atoms with Gasteiger partial charge in [0.05, 0.1) is 13.2 Å². The number of hydrogen-bond acceptors (Lipinski definition) is 2. The van der Waals surface area contributed by atoms with Gasteiger partial charge in [-0.3, -0.25) is 0 Å². The third-order valence-corrected chi connectivity index (χ3v) is 4.15. The van der Waals surface area contributed by atoms with Crippen LogP contribution in [0.4, 0.5) is 0 Å². The van der Waals surface area contributed by atoms with Crippen LogP contribution in [0.25, 0.3) is 0 Å². The minimum absolute atomic E-state index is 0. The van der Waals surface area contributed by atoms with E-state index in [9.17, 15) is 0 Å². The van der Waals surface area contributed by atoms with Crippen molar-refractivity contribution in [1.29, 1.82) is 0 Å². The van der Waals surface area contributed by atoms with Crippen LogP contribution in [0.3, 0.4) is 0 Å². The average Bonchev–Trinajstić information content (AvgIpc) is 2.97. The third-order valence-electron chi connectivity index (χ3n) is 4.15. The largest absolute Gasteiger partial charge is 0.381 e. The maximum absolute atomic E-state index is 5.47. The predicted octanol–water partition coefficient (Wildman–Crippen LogP) is 3.36. The molecule has 0 amide bonds. The number of nitrogens with one attached hydrogen (secondary N) is 1. The van der Waals surface area contributed by atoms with Crippen molar-refractivity contribution in [2.24, 2.45) is 10.9 Å². The van der Waals surface area contributed by atoms with Crippen LogP contribution in [-0.2, 0) is 11.3 Å². The number of ether oxygens (including phenoxy) is 1. The SMILES string of the molecule is CCNC(=NCc1ccc(C)cc1C)N(C)CC1CCOC1.I. The van der Waals surface area contributed by atoms with E-state index in [-0.39, 0.29) is 24.0 Å². The zero-order chi connectivity index (χ0) is 15.9. The molecule has 1 unspecified atom stereocenters. The van der Waals surface area contributed by atoms with E-state index in [4.69, 9.17) is 9.73 Å². The van der Waals surface area contributed by atoms with Gasteiger partial charge in [-0.2, -0.15) is 0 Å². The van der Waals surface area contributed by atoms with Crippen LogP contribution >= 0.6 is 24.0 Å². The van der Waals surface area contributed by atoms with Gasteiger partial charge < -0.3 is 15.0 Å². The first-order chi connectivity index (χ1) is 10.6. The summed E-state index contributed by atoms with van der Waals surface area (Å²) >= 11 is 0. The predicted molar refractivity (Wildman–Crippen MR) is 108 cm³/mol. The zero-order valence-corrected chi connectivity index (χ0v) is 17.1. The van der Waals surface area contributed by atoms with Gasteiger partial charge in [-0.1, -0.05) is 23.8 Å². The molecule has 0 radical (unpaired) electrons. The van der Waals surface area contributed by atoms with Gasteiger partial charge in [0.2, 0.25) is 0 Å². The molecule has 1 fully saturated rings. The minimum atomic E-state index is 0. The Kier molecular flexibility index (Phi) is 8.91. The lowest BCUT2D eigenvalue weighted by molar-refractivity contribution is 0.181. The molecule has 0 saturated carbocycles. The molecule has 2 rings (SSSR count). The van der Waals surface area contributed by atoms with Gasteiger partial charge in [0, 0.05) is 32.7 Å². The first kappa shape index (κ1) is 20.2. The first-order valence-corrected chi connectivity index (χ1v) is 8.23. The molecule has 23 heavy (non-hydrogen) atoms. The van der Waals surface area contributed by atoms with E-state index in [1.807, 2.05) is 0 Å². The summed E-state index contributed by atoms with van der Waals surface area (Å²) in [7, 11) is 2.11. The van der Waals surface area contributed by atoms with Crippen LogP contribution in [0.2, 0.25) is 0 Å². The lowest BCUT2D eigenvalue weighted by Crippen LogP contribution is -2.41. The molecule has 1 aromatic carbocycles. The van der Waals surface area contributed by atoms with Crippen LogP contribution in [-0.4, -0.2) is 44.2 Å². The molecule has 0 spiro atoms. The van der Waals surface area contributed by atoms with Crippen molar-refractivity contribution < 1.29 is 4.74 Å². The first-order valence-electron chi connectivity index (χ1n) is 8.23. The Bertz CT molecular complexity index is 513. The summed E-state index contributed by atoms with van der Waals surface area (Å²) < 4.78 is 5.47. The number of rotatable bonds is 5. The van der Waals surface area contributed by atoms with Gasteiger partial charge >= 0.3 is 0 Å². The van der Waals surface area contributed by atoms with E-state index < -0.39 is 0 Å². The van der Waals surface area contributed by atoms with Crippen molar-refractivity contribution in [2.75, 3.05) is 33.4 Å². The van der Waals surface area contributed by atoms with Crippen molar-refractivity contribution in [3.8, 4) is 0 Å². The summed E-state index contributed by atoms with van der Waals surface area (Å²) in [6.45, 7) is 10.8. The molecule has 1 saturated heterocycles. The molecule has 4 nitrogen and oxygen atoms in total. The van der Waals surface area contributed by atoms with Gasteiger partial charge in [0.25, 0.3) is 0 Å². The summed E-state index contributed by atoms with van der Waals surface area (Å²) in [5, 5.41) is 3.39. The van der Waals surface area contributed by atoms with E-state index in [0.29, 0.717) is 5.92 Å². The van der Waals surface area contributed by atoms with E-state index in [0.717, 1.165) is 45.2 Å². The van der Waals surface area contributed by atoms with Gasteiger partial charge in [-0.05, 0) is 38.3 Å². The summed E-state index contributed by atoms with van der Waals surface area (Å²) in [5.74, 6) is 1.60. The number of benzene rings is 1. The van der Waals surface area contributed by atoms with E-state index >= 15 is 0 Å². The molecule has 0 bridgehead atoms. The second-order valence-electron chi connectivity index (χ2n) is 6.21. The van der Waals surface area contributed by atoms with Gasteiger partial charge in [-0.25, -0.2) is 4.99 Å². The summed E-state index contributed by atoms with van der Waals surface area (Å²) in [6, 6.07) is 6.56. The van der Waals surface area contributed by atoms with Crippen molar-refractivity contribution >= 4 is 29.9 Å². The fourth-order valence-corrected chi connectivity index (χ4v) is 2.85. The molecule has 1 aliphatic rings. The second-order valence-corrected chi connectivity index (χ2v) is 6.21. The molecule has 1 aliphatic heterocycles. The van der Waals surface area contributed by atoms with Crippen molar-refractivity contribution in [1.82, 2.24) is 10.2 Å². The molecule has 0 aliphatic carbocycles. The second kappa shape index (κ2) is 10.1. The maximum Gasteiger partial charge on any atom is 0.193 e. The highest BCUT2D eigenvalue weighted by molar-refractivity contribution is 14.0. The Morgan fingerprint density at radius 3 is 2.78 bits per heavy atom. The van der Waals surface area contributed by atoms with Gasteiger partial charge in [0.15, 0.2) is 5.96 Å². The molecule has 1 atom stereocenters. The third kappa shape index (κ3) is 6.30. The Morgan fingerprint density at radius 2 is 2.17 bits per heavy atom. The molecule has 130 valence electrons. The average molecular weight is 431 g/mol. The number of aryl methyl sites for hydroxylation is 2. The van der Waals surface area contributed by atoms with Crippen molar-refractivity contribution in [3.05, 3.63) is 34.9 Å². The normalized spacial score (nSPS) is 17.7. The number of nitrogens with zero attached hydrogens (tertiary/aromatic N) is 2. The van der Waals surface area contributed by atoms with E-state index in [2.05, 4.69) is 56.2 Å². The molecule has 5 heteroatoms. The quantitative estimate of drug-likeness (QED) is 0.442. The summed E-state index contributed by atoms with van der Waals surface area (Å²) in [6.07, 6.45) is 1.15. The number of halogens is 1. The van der Waals surface area contributed by atoms with Crippen LogP contribution in [0.15, 0.2) is 23.2 Å². The highest BCUT2D eigenvalue weighted by atomic mass is 127. The number of hydrogen-bond donors (Lipinski definition) is 1. The van der Waals surface area contributed by atoms with E-state index in [1.165, 1.54) is 16.7 Å². The fourth-order valence-electron chi connectivity index (χ4n) is 2.85. The van der Waals surface area contributed by atoms with Crippen LogP contribution in [0, 0.1) is 19.8 Å². The van der Waals surface area contributed by atoms with Gasteiger partial charge in [0.1, 0.15) is 0 Å². The topological polar surface area (TPSA) is 36.9 Å². The van der Waals surface area contributed by atoms with Crippen molar-refractivity contribution in [2.45, 2.75) is 33.7 Å². The smallest absolute Gasteiger partial charge is 0.193 e. The Labute approximate surface area is 157 Å². The highest BCUT2D eigenvalue weighted by Crippen LogP contribution is 2.14. The number of guanidine groups is 1. The molecule has 1 aromatic rings. The van der Waals surface area contributed by atoms with E-state index in [1.54, 1.807) is 0 Å². The summed E-state index contributed by atoms with van der Waals surface area (Å²) in [5.41, 5.74) is 3.90. The lowest BCUT2D eigenvalue weighted by atomic mass is 10.1. The zero-order valence-electron chi connectivity index (χ0n) is 14.8. The molecular weight excluding hydrogens is 401 g/mol. The Balaban J connectivity index is 0.00000264. The molecular formula is C18H30IN3O. The van der Waals surface area contributed by atoms with Crippen LogP contribution in [0.1, 0.15) is 30.0 Å². The minimum Gasteiger partial charge on any atom is -0.381 e. The molecule has 1 heterocycles. The highest BCUT2D eigenvalue weighted by Gasteiger charge is 2.19. The monoisotopic (exact) mass is 431 g/mol. The lowest BCUT2D eigenvalue weighted by Gasteiger charge is -2.24. The summed E-state index contributed by atoms with van der Waals surface area (Å²) in [4.78, 5) is 7.04. The van der Waals surface area contributed by atoms with Gasteiger partial charge in [-0.15, -0.1) is 24.0 Å². The standard InChI is InChI=1S/C18H29N3O.HI/c1-5-19-18(21(4)12-16-8-9-22-13-16)20-11-17-7-6-14(2)10-15(17)3;/h6-7,10,16H,5,8-9,11-13H2,1-4H3,(H,19,20);1H. The van der Waals surface area contributed by atoms with Crippen LogP contribution in [0.5, 0.6) is 0 Å². The Hall–Kier alpha value is -0.820. The fraction of sp³-hybridized carbons (Fsp3) is 0.611. The Morgan fingerprint density at radius 1 is 1.39 bits per heavy atom. The van der Waals surface area contributed by atoms with Crippen molar-refractivity contribution in [3.63, 3.8) is 0 Å².